The van der Waals surface area contributed by atoms with Crippen LogP contribution in [0, 0.1) is 11.3 Å². The molecule has 32 heavy (non-hydrogen) atoms. The van der Waals surface area contributed by atoms with Gasteiger partial charge in [-0.15, -0.1) is 11.8 Å². The second kappa shape index (κ2) is 11.8. The minimum Gasteiger partial charge on any atom is -0.497 e. The summed E-state index contributed by atoms with van der Waals surface area (Å²) in [4.78, 5) is 12.9. The highest BCUT2D eigenvalue weighted by molar-refractivity contribution is 8.02. The van der Waals surface area contributed by atoms with Crippen molar-refractivity contribution in [1.29, 1.82) is 5.26 Å². The fourth-order valence-electron chi connectivity index (χ4n) is 2.84. The van der Waals surface area contributed by atoms with E-state index in [9.17, 15) is 10.1 Å². The lowest BCUT2D eigenvalue weighted by molar-refractivity contribution is -0.117. The molecule has 0 heterocycles. The number of methoxy groups -OCH3 is 1. The largest absolute Gasteiger partial charge is 0.497 e. The van der Waals surface area contributed by atoms with E-state index in [0.29, 0.717) is 33.8 Å². The second-order valence-electron chi connectivity index (χ2n) is 6.72. The van der Waals surface area contributed by atoms with Gasteiger partial charge in [-0.1, -0.05) is 66.2 Å². The molecule has 0 bridgehead atoms. The molecular weight excluding hydrogens is 442 g/mol. The SMILES string of the molecule is COc1cccc(NC(SCc2ccccc2Cl)=C(C#N)C(=O)NCc2ccccc2)c1. The third-order valence-corrected chi connectivity index (χ3v) is 5.94. The summed E-state index contributed by atoms with van der Waals surface area (Å²) in [5.74, 6) is 0.703. The molecule has 0 aliphatic heterocycles. The minimum atomic E-state index is -0.451. The van der Waals surface area contributed by atoms with E-state index in [0.717, 1.165) is 11.1 Å². The maximum atomic E-state index is 12.9. The minimum absolute atomic E-state index is 0.000745. The van der Waals surface area contributed by atoms with E-state index >= 15 is 0 Å². The first kappa shape index (κ1) is 23.3. The molecule has 1 amide bonds. The predicted molar refractivity (Wildman–Crippen MR) is 130 cm³/mol. The highest BCUT2D eigenvalue weighted by atomic mass is 35.5. The number of nitrogens with one attached hydrogen (secondary N) is 2. The first-order valence-electron chi connectivity index (χ1n) is 9.84. The number of halogens is 1. The van der Waals surface area contributed by atoms with Crippen LogP contribution in [-0.4, -0.2) is 13.0 Å². The molecule has 0 radical (unpaired) electrons. The van der Waals surface area contributed by atoms with Crippen LogP contribution in [-0.2, 0) is 17.1 Å². The Morgan fingerprint density at radius 2 is 1.81 bits per heavy atom. The molecule has 0 unspecified atom stereocenters. The predicted octanol–water partition coefficient (Wildman–Crippen LogP) is 5.75. The second-order valence-corrected chi connectivity index (χ2v) is 8.11. The average Bonchev–Trinajstić information content (AvgIpc) is 2.83. The van der Waals surface area contributed by atoms with Gasteiger partial charge in [-0.05, 0) is 29.3 Å². The fourth-order valence-corrected chi connectivity index (χ4v) is 4.15. The Kier molecular flexibility index (Phi) is 8.61. The van der Waals surface area contributed by atoms with Gasteiger partial charge in [0.2, 0.25) is 0 Å². The van der Waals surface area contributed by atoms with E-state index in [-0.39, 0.29) is 5.57 Å². The van der Waals surface area contributed by atoms with Crippen LogP contribution in [0.3, 0.4) is 0 Å². The van der Waals surface area contributed by atoms with Crippen molar-refractivity contribution in [3.05, 3.63) is 106 Å². The Balaban J connectivity index is 1.86. The van der Waals surface area contributed by atoms with Gasteiger partial charge in [0.15, 0.2) is 0 Å². The number of hydrogen-bond donors (Lipinski definition) is 2. The van der Waals surface area contributed by atoms with Gasteiger partial charge >= 0.3 is 0 Å². The van der Waals surface area contributed by atoms with E-state index in [4.69, 9.17) is 16.3 Å². The number of thioether (sulfide) groups is 1. The van der Waals surface area contributed by atoms with E-state index in [1.54, 1.807) is 13.2 Å². The van der Waals surface area contributed by atoms with Crippen LogP contribution in [0.2, 0.25) is 5.02 Å². The number of nitriles is 1. The summed E-state index contributed by atoms with van der Waals surface area (Å²) < 4.78 is 5.28. The number of ether oxygens (including phenoxy) is 1. The Hall–Kier alpha value is -3.40. The zero-order valence-corrected chi connectivity index (χ0v) is 19.0. The summed E-state index contributed by atoms with van der Waals surface area (Å²) in [6.45, 7) is 0.326. The van der Waals surface area contributed by atoms with Gasteiger partial charge < -0.3 is 15.4 Å². The van der Waals surface area contributed by atoms with Crippen LogP contribution >= 0.6 is 23.4 Å². The molecule has 0 aromatic heterocycles. The lowest BCUT2D eigenvalue weighted by Gasteiger charge is -2.15. The molecule has 3 aromatic carbocycles. The summed E-state index contributed by atoms with van der Waals surface area (Å²) >= 11 is 7.63. The summed E-state index contributed by atoms with van der Waals surface area (Å²) in [5.41, 5.74) is 2.56. The topological polar surface area (TPSA) is 74.1 Å². The van der Waals surface area contributed by atoms with Crippen molar-refractivity contribution in [1.82, 2.24) is 5.32 Å². The third kappa shape index (κ3) is 6.55. The lowest BCUT2D eigenvalue weighted by atomic mass is 10.2. The van der Waals surface area contributed by atoms with Gasteiger partial charge in [0.05, 0.1) is 12.1 Å². The quantitative estimate of drug-likeness (QED) is 0.312. The van der Waals surface area contributed by atoms with Crippen molar-refractivity contribution >= 4 is 35.0 Å². The Morgan fingerprint density at radius 1 is 1.06 bits per heavy atom. The molecule has 3 rings (SSSR count). The van der Waals surface area contributed by atoms with Crippen molar-refractivity contribution in [3.8, 4) is 11.8 Å². The molecule has 3 aromatic rings. The van der Waals surface area contributed by atoms with E-state index in [1.165, 1.54) is 11.8 Å². The molecule has 0 saturated carbocycles. The molecule has 0 atom stereocenters. The molecular formula is C25H22ClN3O2S. The maximum Gasteiger partial charge on any atom is 0.264 e. The van der Waals surface area contributed by atoms with E-state index in [2.05, 4.69) is 16.7 Å². The van der Waals surface area contributed by atoms with Crippen LogP contribution in [0.4, 0.5) is 5.69 Å². The smallest absolute Gasteiger partial charge is 0.264 e. The lowest BCUT2D eigenvalue weighted by Crippen LogP contribution is -2.25. The summed E-state index contributed by atoms with van der Waals surface area (Å²) in [7, 11) is 1.58. The van der Waals surface area contributed by atoms with Crippen LogP contribution in [0.5, 0.6) is 5.75 Å². The van der Waals surface area contributed by atoms with E-state index < -0.39 is 5.91 Å². The monoisotopic (exact) mass is 463 g/mol. The zero-order chi connectivity index (χ0) is 22.8. The summed E-state index contributed by atoms with van der Waals surface area (Å²) in [5, 5.41) is 16.9. The molecule has 7 heteroatoms. The third-order valence-electron chi connectivity index (χ3n) is 4.52. The van der Waals surface area contributed by atoms with Crippen LogP contribution in [0.25, 0.3) is 0 Å². The van der Waals surface area contributed by atoms with Crippen molar-refractivity contribution < 1.29 is 9.53 Å². The normalized spacial score (nSPS) is 11.2. The molecule has 162 valence electrons. The maximum absolute atomic E-state index is 12.9. The summed E-state index contributed by atoms with van der Waals surface area (Å²) in [6, 6.07) is 26.4. The number of rotatable bonds is 9. The molecule has 0 aliphatic rings. The summed E-state index contributed by atoms with van der Waals surface area (Å²) in [6.07, 6.45) is 0. The van der Waals surface area contributed by atoms with Crippen LogP contribution in [0.15, 0.2) is 89.5 Å². The van der Waals surface area contributed by atoms with Crippen molar-refractivity contribution in [3.63, 3.8) is 0 Å². The van der Waals surface area contributed by atoms with Gasteiger partial charge in [0.1, 0.15) is 17.4 Å². The van der Waals surface area contributed by atoms with Crippen molar-refractivity contribution in [2.45, 2.75) is 12.3 Å². The Morgan fingerprint density at radius 3 is 2.53 bits per heavy atom. The highest BCUT2D eigenvalue weighted by Gasteiger charge is 2.17. The number of amides is 1. The number of carbonyl (C=O) groups excluding carboxylic acids is 1. The first-order chi connectivity index (χ1) is 15.6. The van der Waals surface area contributed by atoms with Gasteiger partial charge in [-0.25, -0.2) is 0 Å². The molecule has 0 fully saturated rings. The fraction of sp³-hybridized carbons (Fsp3) is 0.120. The molecule has 0 spiro atoms. The van der Waals surface area contributed by atoms with Gasteiger partial charge in [0.25, 0.3) is 5.91 Å². The number of anilines is 1. The Bertz CT molecular complexity index is 1140. The zero-order valence-electron chi connectivity index (χ0n) is 17.5. The number of nitrogens with zero attached hydrogens (tertiary/aromatic N) is 1. The first-order valence-corrected chi connectivity index (χ1v) is 11.2. The number of hydrogen-bond acceptors (Lipinski definition) is 5. The van der Waals surface area contributed by atoms with Crippen LogP contribution < -0.4 is 15.4 Å². The Labute approximate surface area is 197 Å². The van der Waals surface area contributed by atoms with Crippen molar-refractivity contribution in [2.75, 3.05) is 12.4 Å². The molecule has 5 nitrogen and oxygen atoms in total. The number of benzene rings is 3. The van der Waals surface area contributed by atoms with Gasteiger partial charge in [-0.2, -0.15) is 5.26 Å². The molecule has 0 aliphatic carbocycles. The van der Waals surface area contributed by atoms with Crippen LogP contribution in [0.1, 0.15) is 11.1 Å². The number of carbonyl (C=O) groups is 1. The average molecular weight is 464 g/mol. The molecule has 2 N–H and O–H groups in total. The van der Waals surface area contributed by atoms with Crippen molar-refractivity contribution in [2.24, 2.45) is 0 Å². The van der Waals surface area contributed by atoms with Gasteiger partial charge in [-0.3, -0.25) is 4.79 Å². The van der Waals surface area contributed by atoms with E-state index in [1.807, 2.05) is 72.8 Å². The van der Waals surface area contributed by atoms with Gasteiger partial charge in [0, 0.05) is 29.1 Å². The standard InChI is InChI=1S/C25H22ClN3O2S/c1-31-21-12-7-11-20(14-21)29-25(32-17-19-10-5-6-13-23(19)26)22(15-27)24(30)28-16-18-8-3-2-4-9-18/h2-14,29H,16-17H2,1H3,(H,28,30). The molecule has 0 saturated heterocycles. The highest BCUT2D eigenvalue weighted by Crippen LogP contribution is 2.30.